The average molecular weight is 295 g/mol. The predicted octanol–water partition coefficient (Wildman–Crippen LogP) is 3.83. The number of aromatic nitrogens is 1. The molecule has 0 aromatic carbocycles. The molecule has 2 heterocycles. The van der Waals surface area contributed by atoms with Gasteiger partial charge >= 0.3 is 0 Å². The Morgan fingerprint density at radius 3 is 2.50 bits per heavy atom. The predicted molar refractivity (Wildman–Crippen MR) is 88.7 cm³/mol. The molecular formula is C16H29N3S. The van der Waals surface area contributed by atoms with Crippen LogP contribution in [0.1, 0.15) is 58.0 Å². The van der Waals surface area contributed by atoms with Crippen LogP contribution >= 0.6 is 11.3 Å². The number of hydrogen-bond acceptors (Lipinski definition) is 4. The van der Waals surface area contributed by atoms with Gasteiger partial charge in [0, 0.05) is 30.6 Å². The van der Waals surface area contributed by atoms with Gasteiger partial charge in [0.15, 0.2) is 5.13 Å². The van der Waals surface area contributed by atoms with E-state index in [0.717, 1.165) is 26.1 Å². The lowest BCUT2D eigenvalue weighted by Crippen LogP contribution is -2.37. The fraction of sp³-hybridized carbons (Fsp3) is 0.812. The lowest BCUT2D eigenvalue weighted by atomic mass is 9.83. The Morgan fingerprint density at radius 1 is 1.30 bits per heavy atom. The van der Waals surface area contributed by atoms with E-state index in [0.29, 0.717) is 11.5 Å². The van der Waals surface area contributed by atoms with E-state index in [9.17, 15) is 0 Å². The van der Waals surface area contributed by atoms with Gasteiger partial charge in [0.2, 0.25) is 0 Å². The third-order valence-electron chi connectivity index (χ3n) is 4.16. The van der Waals surface area contributed by atoms with Crippen molar-refractivity contribution in [3.05, 3.63) is 10.6 Å². The zero-order valence-corrected chi connectivity index (χ0v) is 14.4. The summed E-state index contributed by atoms with van der Waals surface area (Å²) in [6.45, 7) is 14.6. The Labute approximate surface area is 127 Å². The van der Waals surface area contributed by atoms with E-state index in [1.807, 2.05) is 11.3 Å². The van der Waals surface area contributed by atoms with E-state index < -0.39 is 0 Å². The van der Waals surface area contributed by atoms with Crippen molar-refractivity contribution >= 4 is 16.5 Å². The monoisotopic (exact) mass is 295 g/mol. The van der Waals surface area contributed by atoms with Gasteiger partial charge in [-0.25, -0.2) is 4.98 Å². The van der Waals surface area contributed by atoms with Gasteiger partial charge in [-0.2, -0.15) is 0 Å². The van der Waals surface area contributed by atoms with Crippen molar-refractivity contribution in [1.29, 1.82) is 0 Å². The summed E-state index contributed by atoms with van der Waals surface area (Å²) in [5, 5.41) is 4.75. The van der Waals surface area contributed by atoms with Crippen LogP contribution in [-0.4, -0.2) is 24.1 Å². The van der Waals surface area contributed by atoms with Crippen LogP contribution in [0.25, 0.3) is 0 Å². The minimum Gasteiger partial charge on any atom is -0.348 e. The SMILES string of the molecule is CCc1nc(N2CCC(C)(C)CC2)sc1CNC(C)C. The van der Waals surface area contributed by atoms with E-state index in [4.69, 9.17) is 4.98 Å². The molecule has 1 saturated heterocycles. The fourth-order valence-electron chi connectivity index (χ4n) is 2.52. The largest absolute Gasteiger partial charge is 0.348 e. The Morgan fingerprint density at radius 2 is 1.95 bits per heavy atom. The molecule has 0 radical (unpaired) electrons. The van der Waals surface area contributed by atoms with Crippen molar-refractivity contribution in [3.63, 3.8) is 0 Å². The summed E-state index contributed by atoms with van der Waals surface area (Å²) in [5.74, 6) is 0. The summed E-state index contributed by atoms with van der Waals surface area (Å²) in [6, 6.07) is 0.529. The Balaban J connectivity index is 2.05. The molecule has 20 heavy (non-hydrogen) atoms. The molecule has 2 rings (SSSR count). The number of nitrogens with one attached hydrogen (secondary N) is 1. The highest BCUT2D eigenvalue weighted by Crippen LogP contribution is 2.34. The third-order valence-corrected chi connectivity index (χ3v) is 5.32. The van der Waals surface area contributed by atoms with E-state index in [1.54, 1.807) is 0 Å². The molecule has 1 fully saturated rings. The first-order chi connectivity index (χ1) is 9.41. The summed E-state index contributed by atoms with van der Waals surface area (Å²) < 4.78 is 0. The number of aryl methyl sites for hydroxylation is 1. The van der Waals surface area contributed by atoms with Gasteiger partial charge in [0.1, 0.15) is 0 Å². The van der Waals surface area contributed by atoms with Crippen molar-refractivity contribution in [2.75, 3.05) is 18.0 Å². The highest BCUT2D eigenvalue weighted by molar-refractivity contribution is 7.15. The second-order valence-electron chi connectivity index (χ2n) is 6.91. The molecule has 0 unspecified atom stereocenters. The van der Waals surface area contributed by atoms with Crippen LogP contribution in [0, 0.1) is 5.41 Å². The zero-order chi connectivity index (χ0) is 14.8. The van der Waals surface area contributed by atoms with E-state index in [-0.39, 0.29) is 0 Å². The number of anilines is 1. The number of piperidine rings is 1. The molecule has 0 spiro atoms. The minimum atomic E-state index is 0.503. The molecule has 0 aliphatic carbocycles. The molecule has 1 N–H and O–H groups in total. The average Bonchev–Trinajstić information content (AvgIpc) is 2.79. The molecular weight excluding hydrogens is 266 g/mol. The Kier molecular flexibility index (Phi) is 5.08. The molecule has 0 saturated carbocycles. The van der Waals surface area contributed by atoms with Crippen molar-refractivity contribution < 1.29 is 0 Å². The van der Waals surface area contributed by atoms with Crippen molar-refractivity contribution in [1.82, 2.24) is 10.3 Å². The first kappa shape index (κ1) is 15.8. The lowest BCUT2D eigenvalue weighted by Gasteiger charge is -2.36. The van der Waals surface area contributed by atoms with Crippen LogP contribution in [0.2, 0.25) is 0 Å². The van der Waals surface area contributed by atoms with E-state index in [2.05, 4.69) is 44.8 Å². The molecule has 1 aromatic rings. The number of nitrogens with zero attached hydrogens (tertiary/aromatic N) is 2. The summed E-state index contributed by atoms with van der Waals surface area (Å²) in [5.41, 5.74) is 1.78. The lowest BCUT2D eigenvalue weighted by molar-refractivity contribution is 0.279. The first-order valence-corrected chi connectivity index (χ1v) is 8.70. The summed E-state index contributed by atoms with van der Waals surface area (Å²) >= 11 is 1.89. The van der Waals surface area contributed by atoms with Crippen LogP contribution in [0.3, 0.4) is 0 Å². The molecule has 4 heteroatoms. The Bertz CT molecular complexity index is 427. The standard InChI is InChI=1S/C16H29N3S/c1-6-13-14(11-17-12(2)3)20-15(18-13)19-9-7-16(4,5)8-10-19/h12,17H,6-11H2,1-5H3. The molecule has 0 atom stereocenters. The maximum Gasteiger partial charge on any atom is 0.185 e. The topological polar surface area (TPSA) is 28.2 Å². The third kappa shape index (κ3) is 3.95. The van der Waals surface area contributed by atoms with Crippen molar-refractivity contribution in [3.8, 4) is 0 Å². The second kappa shape index (κ2) is 6.44. The molecule has 1 aliphatic heterocycles. The van der Waals surface area contributed by atoms with Gasteiger partial charge in [0.25, 0.3) is 0 Å². The highest BCUT2D eigenvalue weighted by Gasteiger charge is 2.27. The second-order valence-corrected chi connectivity index (χ2v) is 7.97. The van der Waals surface area contributed by atoms with Crippen LogP contribution < -0.4 is 10.2 Å². The summed E-state index contributed by atoms with van der Waals surface area (Å²) in [6.07, 6.45) is 3.58. The van der Waals surface area contributed by atoms with Crippen molar-refractivity contribution in [2.24, 2.45) is 5.41 Å². The molecule has 0 amide bonds. The van der Waals surface area contributed by atoms with Gasteiger partial charge in [-0.1, -0.05) is 34.6 Å². The fourth-order valence-corrected chi connectivity index (χ4v) is 3.67. The van der Waals surface area contributed by atoms with Crippen LogP contribution in [0.15, 0.2) is 0 Å². The van der Waals surface area contributed by atoms with Crippen molar-refractivity contribution in [2.45, 2.75) is 66.5 Å². The normalized spacial score (nSPS) is 18.8. The minimum absolute atomic E-state index is 0.503. The molecule has 1 aromatic heterocycles. The maximum atomic E-state index is 4.88. The smallest absolute Gasteiger partial charge is 0.185 e. The zero-order valence-electron chi connectivity index (χ0n) is 13.6. The molecule has 3 nitrogen and oxygen atoms in total. The highest BCUT2D eigenvalue weighted by atomic mass is 32.1. The van der Waals surface area contributed by atoms with Crippen LogP contribution in [0.4, 0.5) is 5.13 Å². The summed E-state index contributed by atoms with van der Waals surface area (Å²) in [4.78, 5) is 8.78. The van der Waals surface area contributed by atoms with Gasteiger partial charge in [0.05, 0.1) is 5.69 Å². The molecule has 114 valence electrons. The van der Waals surface area contributed by atoms with Gasteiger partial charge in [-0.15, -0.1) is 11.3 Å². The van der Waals surface area contributed by atoms with E-state index in [1.165, 1.54) is 28.5 Å². The number of hydrogen-bond donors (Lipinski definition) is 1. The molecule has 0 bridgehead atoms. The van der Waals surface area contributed by atoms with Gasteiger partial charge < -0.3 is 10.2 Å². The first-order valence-electron chi connectivity index (χ1n) is 7.88. The maximum absolute atomic E-state index is 4.88. The summed E-state index contributed by atoms with van der Waals surface area (Å²) in [7, 11) is 0. The quantitative estimate of drug-likeness (QED) is 0.895. The van der Waals surface area contributed by atoms with E-state index >= 15 is 0 Å². The Hall–Kier alpha value is -0.610. The van der Waals surface area contributed by atoms with Gasteiger partial charge in [-0.05, 0) is 24.7 Å². The van der Waals surface area contributed by atoms with Gasteiger partial charge in [-0.3, -0.25) is 0 Å². The molecule has 1 aliphatic rings. The number of rotatable bonds is 5. The van der Waals surface area contributed by atoms with Crippen LogP contribution in [-0.2, 0) is 13.0 Å². The van der Waals surface area contributed by atoms with Crippen LogP contribution in [0.5, 0.6) is 0 Å². The number of thiazole rings is 1.